The smallest absolute Gasteiger partial charge is 0.0619 e. The van der Waals surface area contributed by atoms with Gasteiger partial charge in [-0.05, 0) is 12.2 Å². The van der Waals surface area contributed by atoms with E-state index in [0.717, 1.165) is 12.1 Å². The zero-order chi connectivity index (χ0) is 6.53. The average molecular weight is 119 g/mol. The van der Waals surface area contributed by atoms with E-state index in [0.29, 0.717) is 0 Å². The van der Waals surface area contributed by atoms with Gasteiger partial charge in [-0.2, -0.15) is 0 Å². The van der Waals surface area contributed by atoms with Crippen LogP contribution < -0.4 is 0 Å². The van der Waals surface area contributed by atoms with Gasteiger partial charge in [0, 0.05) is 12.6 Å². The molecule has 1 rings (SSSR count). The van der Waals surface area contributed by atoms with Crippen molar-refractivity contribution >= 4 is 6.21 Å². The molecule has 46 valence electrons. The van der Waals surface area contributed by atoms with E-state index in [1.165, 1.54) is 0 Å². The fourth-order valence-corrected chi connectivity index (χ4v) is 0.628. The minimum atomic E-state index is 0.924. The first-order chi connectivity index (χ1) is 4.43. The summed E-state index contributed by atoms with van der Waals surface area (Å²) in [4.78, 5) is 4.10. The third-order valence-corrected chi connectivity index (χ3v) is 1.09. The van der Waals surface area contributed by atoms with Gasteiger partial charge in [0.05, 0.1) is 5.70 Å². The first-order valence-corrected chi connectivity index (χ1v) is 2.95. The third-order valence-electron chi connectivity index (χ3n) is 1.09. The van der Waals surface area contributed by atoms with E-state index in [2.05, 4.69) is 17.6 Å². The molecule has 0 atom stereocenters. The maximum atomic E-state index is 4.10. The van der Waals surface area contributed by atoms with E-state index in [-0.39, 0.29) is 0 Å². The summed E-state index contributed by atoms with van der Waals surface area (Å²) < 4.78 is 0. The van der Waals surface area contributed by atoms with E-state index in [1.807, 2.05) is 18.4 Å². The van der Waals surface area contributed by atoms with Crippen molar-refractivity contribution in [1.82, 2.24) is 0 Å². The van der Waals surface area contributed by atoms with Gasteiger partial charge < -0.3 is 0 Å². The van der Waals surface area contributed by atoms with E-state index in [4.69, 9.17) is 0 Å². The molecule has 0 aromatic rings. The molecular weight excluding hydrogens is 110 g/mol. The number of allylic oxidation sites excluding steroid dienone is 4. The second-order valence-corrected chi connectivity index (χ2v) is 1.77. The van der Waals surface area contributed by atoms with Crippen LogP contribution in [0.4, 0.5) is 0 Å². The standard InChI is InChI=1S/C8H9N/c1-2-8-6-4-3-5-7-9-8/h2-4,6-7H,1,5H2. The van der Waals surface area contributed by atoms with Crippen molar-refractivity contribution in [3.63, 3.8) is 0 Å². The molecule has 0 aliphatic carbocycles. The van der Waals surface area contributed by atoms with E-state index in [1.54, 1.807) is 6.08 Å². The number of hydrogen-bond donors (Lipinski definition) is 0. The molecule has 1 heteroatoms. The minimum Gasteiger partial charge on any atom is -0.261 e. The molecule has 0 aromatic carbocycles. The quantitative estimate of drug-likeness (QED) is 0.501. The van der Waals surface area contributed by atoms with Gasteiger partial charge in [0.25, 0.3) is 0 Å². The molecule has 0 amide bonds. The second kappa shape index (κ2) is 3.02. The van der Waals surface area contributed by atoms with Gasteiger partial charge in [0.2, 0.25) is 0 Å². The first-order valence-electron chi connectivity index (χ1n) is 2.95. The SMILES string of the molecule is C=CC1=CC=CCC=N1. The van der Waals surface area contributed by atoms with E-state index < -0.39 is 0 Å². The fraction of sp³-hybridized carbons (Fsp3) is 0.125. The first kappa shape index (κ1) is 6.02. The van der Waals surface area contributed by atoms with Crippen LogP contribution in [-0.4, -0.2) is 6.21 Å². The molecule has 0 fully saturated rings. The van der Waals surface area contributed by atoms with Crippen LogP contribution in [0.25, 0.3) is 0 Å². The molecule has 0 spiro atoms. The highest BCUT2D eigenvalue weighted by Crippen LogP contribution is 2.00. The lowest BCUT2D eigenvalue weighted by Crippen LogP contribution is -1.69. The van der Waals surface area contributed by atoms with Gasteiger partial charge in [0.15, 0.2) is 0 Å². The number of rotatable bonds is 1. The van der Waals surface area contributed by atoms with Crippen LogP contribution in [0.3, 0.4) is 0 Å². The molecule has 1 aliphatic rings. The molecule has 0 saturated heterocycles. The van der Waals surface area contributed by atoms with Crippen molar-refractivity contribution in [2.75, 3.05) is 0 Å². The molecule has 0 radical (unpaired) electrons. The molecule has 0 N–H and O–H groups in total. The summed E-state index contributed by atoms with van der Waals surface area (Å²) >= 11 is 0. The van der Waals surface area contributed by atoms with E-state index in [9.17, 15) is 0 Å². The lowest BCUT2D eigenvalue weighted by Gasteiger charge is -1.84. The van der Waals surface area contributed by atoms with Crippen LogP contribution in [0.5, 0.6) is 0 Å². The fourth-order valence-electron chi connectivity index (χ4n) is 0.628. The Balaban J connectivity index is 2.78. The molecule has 9 heavy (non-hydrogen) atoms. The summed E-state index contributed by atoms with van der Waals surface area (Å²) in [6.45, 7) is 3.61. The minimum absolute atomic E-state index is 0.924. The van der Waals surface area contributed by atoms with E-state index >= 15 is 0 Å². The Morgan fingerprint density at radius 2 is 2.56 bits per heavy atom. The zero-order valence-electron chi connectivity index (χ0n) is 5.25. The topological polar surface area (TPSA) is 12.4 Å². The van der Waals surface area contributed by atoms with Crippen molar-refractivity contribution < 1.29 is 0 Å². The summed E-state index contributed by atoms with van der Waals surface area (Å²) in [5.41, 5.74) is 0.934. The van der Waals surface area contributed by atoms with Crippen LogP contribution in [0.15, 0.2) is 41.6 Å². The molecule has 0 aromatic heterocycles. The highest BCUT2D eigenvalue weighted by molar-refractivity contribution is 5.62. The van der Waals surface area contributed by atoms with Crippen molar-refractivity contribution in [2.45, 2.75) is 6.42 Å². The summed E-state index contributed by atoms with van der Waals surface area (Å²) in [6.07, 6.45) is 10.5. The molecule has 0 unspecified atom stereocenters. The molecule has 0 saturated carbocycles. The molecule has 0 bridgehead atoms. The van der Waals surface area contributed by atoms with Crippen molar-refractivity contribution in [2.24, 2.45) is 4.99 Å². The number of hydrogen-bond acceptors (Lipinski definition) is 1. The predicted octanol–water partition coefficient (Wildman–Crippen LogP) is 2.09. The Kier molecular flexibility index (Phi) is 2.02. The average Bonchev–Trinajstić information content (AvgIpc) is 2.13. The van der Waals surface area contributed by atoms with Crippen molar-refractivity contribution in [3.8, 4) is 0 Å². The Labute approximate surface area is 55.1 Å². The third kappa shape index (κ3) is 1.68. The van der Waals surface area contributed by atoms with Gasteiger partial charge in [0.1, 0.15) is 0 Å². The maximum Gasteiger partial charge on any atom is 0.0619 e. The summed E-state index contributed by atoms with van der Waals surface area (Å²) in [7, 11) is 0. The van der Waals surface area contributed by atoms with Crippen LogP contribution in [0.2, 0.25) is 0 Å². The Hall–Kier alpha value is -1.11. The summed E-state index contributed by atoms with van der Waals surface area (Å²) in [5.74, 6) is 0. The largest absolute Gasteiger partial charge is 0.261 e. The van der Waals surface area contributed by atoms with Gasteiger partial charge in [-0.1, -0.05) is 18.7 Å². The highest BCUT2D eigenvalue weighted by atomic mass is 14.7. The van der Waals surface area contributed by atoms with Crippen LogP contribution in [-0.2, 0) is 0 Å². The summed E-state index contributed by atoms with van der Waals surface area (Å²) in [5, 5.41) is 0. The summed E-state index contributed by atoms with van der Waals surface area (Å²) in [6, 6.07) is 0. The van der Waals surface area contributed by atoms with Gasteiger partial charge in [-0.25, -0.2) is 0 Å². The Bertz CT molecular complexity index is 185. The Morgan fingerprint density at radius 1 is 1.67 bits per heavy atom. The Morgan fingerprint density at radius 3 is 3.33 bits per heavy atom. The molecule has 1 nitrogen and oxygen atoms in total. The second-order valence-electron chi connectivity index (χ2n) is 1.77. The van der Waals surface area contributed by atoms with Gasteiger partial charge in [-0.15, -0.1) is 0 Å². The zero-order valence-corrected chi connectivity index (χ0v) is 5.25. The molecule has 1 heterocycles. The van der Waals surface area contributed by atoms with Crippen LogP contribution in [0, 0.1) is 0 Å². The number of aliphatic imine (C=N–C) groups is 1. The molecule has 1 aliphatic heterocycles. The highest BCUT2D eigenvalue weighted by Gasteiger charge is 1.84. The number of nitrogens with zero attached hydrogens (tertiary/aromatic N) is 1. The van der Waals surface area contributed by atoms with Gasteiger partial charge in [-0.3, -0.25) is 4.99 Å². The van der Waals surface area contributed by atoms with Crippen LogP contribution in [0.1, 0.15) is 6.42 Å². The maximum absolute atomic E-state index is 4.10. The predicted molar refractivity (Wildman–Crippen MR) is 40.5 cm³/mol. The lowest BCUT2D eigenvalue weighted by molar-refractivity contribution is 1.41. The van der Waals surface area contributed by atoms with Crippen molar-refractivity contribution in [3.05, 3.63) is 36.6 Å². The lowest BCUT2D eigenvalue weighted by atomic mass is 10.4. The van der Waals surface area contributed by atoms with Crippen LogP contribution >= 0.6 is 0 Å². The molecular formula is C8H9N. The normalized spacial score (nSPS) is 16.7. The van der Waals surface area contributed by atoms with Gasteiger partial charge >= 0.3 is 0 Å². The monoisotopic (exact) mass is 119 g/mol. The van der Waals surface area contributed by atoms with Crippen molar-refractivity contribution in [1.29, 1.82) is 0 Å².